The smallest absolute Gasteiger partial charge is 0.193 e. The highest BCUT2D eigenvalue weighted by molar-refractivity contribution is 14.0. The number of halogens is 1. The van der Waals surface area contributed by atoms with Gasteiger partial charge in [-0.25, -0.2) is 0 Å². The van der Waals surface area contributed by atoms with E-state index in [1.165, 1.54) is 44.9 Å². The lowest BCUT2D eigenvalue weighted by Gasteiger charge is -2.57. The molecular weight excluding hydrogens is 429 g/mol. The molecule has 0 aromatic carbocycles. The van der Waals surface area contributed by atoms with Crippen molar-refractivity contribution in [3.63, 3.8) is 0 Å². The van der Waals surface area contributed by atoms with Gasteiger partial charge >= 0.3 is 0 Å². The van der Waals surface area contributed by atoms with E-state index in [1.807, 2.05) is 7.05 Å². The van der Waals surface area contributed by atoms with Crippen molar-refractivity contribution < 1.29 is 9.47 Å². The van der Waals surface area contributed by atoms with E-state index in [1.54, 1.807) is 0 Å². The third-order valence-corrected chi connectivity index (χ3v) is 6.77. The van der Waals surface area contributed by atoms with Gasteiger partial charge in [-0.1, -0.05) is 12.8 Å². The van der Waals surface area contributed by atoms with Crippen LogP contribution in [0.5, 0.6) is 0 Å². The van der Waals surface area contributed by atoms with Gasteiger partial charge in [0.15, 0.2) is 5.96 Å². The molecule has 3 aliphatic carbocycles. The fraction of sp³-hybridized carbons (Fsp3) is 0.947. The van der Waals surface area contributed by atoms with Crippen molar-refractivity contribution in [3.8, 4) is 0 Å². The number of fused-ring (bicyclic) bond motifs is 2. The van der Waals surface area contributed by atoms with Crippen LogP contribution in [0.1, 0.15) is 44.9 Å². The highest BCUT2D eigenvalue weighted by Gasteiger charge is 2.65. The fourth-order valence-electron chi connectivity index (χ4n) is 5.23. The molecular formula is C19H34IN3O2. The summed E-state index contributed by atoms with van der Waals surface area (Å²) in [7, 11) is 4.02. The average molecular weight is 463 g/mol. The Labute approximate surface area is 169 Å². The summed E-state index contributed by atoms with van der Waals surface area (Å²) < 4.78 is 11.9. The van der Waals surface area contributed by atoms with E-state index in [2.05, 4.69) is 22.3 Å². The summed E-state index contributed by atoms with van der Waals surface area (Å²) in [5.74, 6) is 2.54. The molecule has 0 bridgehead atoms. The molecule has 1 saturated heterocycles. The van der Waals surface area contributed by atoms with Crippen molar-refractivity contribution >= 4 is 29.9 Å². The van der Waals surface area contributed by atoms with Crippen LogP contribution in [0.4, 0.5) is 0 Å². The van der Waals surface area contributed by atoms with Crippen LogP contribution < -0.4 is 5.32 Å². The molecule has 25 heavy (non-hydrogen) atoms. The Balaban J connectivity index is 0.00000182. The maximum Gasteiger partial charge on any atom is 0.193 e. The van der Waals surface area contributed by atoms with Gasteiger partial charge in [-0.3, -0.25) is 4.99 Å². The zero-order chi connectivity index (χ0) is 16.6. The quantitative estimate of drug-likeness (QED) is 0.285. The number of nitrogens with zero attached hydrogens (tertiary/aromatic N) is 2. The fourth-order valence-corrected chi connectivity index (χ4v) is 5.23. The lowest BCUT2D eigenvalue weighted by atomic mass is 9.54. The Morgan fingerprint density at radius 2 is 2.04 bits per heavy atom. The van der Waals surface area contributed by atoms with Crippen molar-refractivity contribution in [1.29, 1.82) is 0 Å². The molecule has 0 radical (unpaired) electrons. The van der Waals surface area contributed by atoms with Crippen molar-refractivity contribution in [2.24, 2.45) is 22.2 Å². The summed E-state index contributed by atoms with van der Waals surface area (Å²) in [4.78, 5) is 6.76. The number of hydrogen-bond donors (Lipinski definition) is 1. The minimum absolute atomic E-state index is 0. The second kappa shape index (κ2) is 8.30. The summed E-state index contributed by atoms with van der Waals surface area (Å²) in [6.45, 7) is 3.57. The minimum Gasteiger partial charge on any atom is -0.379 e. The Bertz CT molecular complexity index is 477. The third kappa shape index (κ3) is 3.81. The number of ether oxygens (including phenoxy) is 2. The van der Waals surface area contributed by atoms with E-state index >= 15 is 0 Å². The highest BCUT2D eigenvalue weighted by atomic mass is 127. The van der Waals surface area contributed by atoms with Crippen LogP contribution >= 0.6 is 24.0 Å². The summed E-state index contributed by atoms with van der Waals surface area (Å²) in [6.07, 6.45) is 9.76. The molecule has 6 heteroatoms. The highest BCUT2D eigenvalue weighted by Crippen LogP contribution is 2.60. The van der Waals surface area contributed by atoms with Gasteiger partial charge in [0, 0.05) is 51.2 Å². The number of likely N-dealkylation sites (N-methyl/N-ethyl adjacent to an activating group) is 1. The molecule has 1 N–H and O–H groups in total. The number of guanidine groups is 1. The first-order chi connectivity index (χ1) is 11.7. The van der Waals surface area contributed by atoms with Crippen LogP contribution in [0.3, 0.4) is 0 Å². The molecule has 5 nitrogen and oxygen atoms in total. The largest absolute Gasteiger partial charge is 0.379 e. The van der Waals surface area contributed by atoms with Crippen LogP contribution in [0.2, 0.25) is 0 Å². The van der Waals surface area contributed by atoms with E-state index in [4.69, 9.17) is 9.47 Å². The molecule has 4 fully saturated rings. The van der Waals surface area contributed by atoms with Crippen LogP contribution in [0.15, 0.2) is 4.99 Å². The second-order valence-electron chi connectivity index (χ2n) is 8.29. The molecule has 3 unspecified atom stereocenters. The van der Waals surface area contributed by atoms with Crippen molar-refractivity contribution in [2.75, 3.05) is 40.5 Å². The predicted molar refractivity (Wildman–Crippen MR) is 111 cm³/mol. The lowest BCUT2D eigenvalue weighted by molar-refractivity contribution is -0.125. The van der Waals surface area contributed by atoms with Crippen molar-refractivity contribution in [1.82, 2.24) is 10.2 Å². The first-order valence-corrected chi connectivity index (χ1v) is 9.88. The van der Waals surface area contributed by atoms with E-state index in [-0.39, 0.29) is 24.0 Å². The molecule has 0 amide bonds. The van der Waals surface area contributed by atoms with E-state index < -0.39 is 0 Å². The van der Waals surface area contributed by atoms with Crippen LogP contribution in [-0.2, 0) is 9.47 Å². The number of nitrogens with one attached hydrogen (secondary N) is 1. The Kier molecular flexibility index (Phi) is 6.53. The third-order valence-electron chi connectivity index (χ3n) is 6.77. The molecule has 4 rings (SSSR count). The second-order valence-corrected chi connectivity index (χ2v) is 8.29. The molecule has 144 valence electrons. The SMILES string of the molecule is CN=C(NC1C2CCOC2C12CCCC2)N(C)CCOCC1CC1.I. The van der Waals surface area contributed by atoms with Crippen molar-refractivity contribution in [2.45, 2.75) is 57.1 Å². The summed E-state index contributed by atoms with van der Waals surface area (Å²) >= 11 is 0. The first kappa shape index (κ1) is 19.7. The summed E-state index contributed by atoms with van der Waals surface area (Å²) in [5, 5.41) is 3.81. The van der Waals surface area contributed by atoms with Gasteiger partial charge in [0.25, 0.3) is 0 Å². The Morgan fingerprint density at radius 1 is 1.28 bits per heavy atom. The van der Waals surface area contributed by atoms with Crippen LogP contribution in [0, 0.1) is 17.3 Å². The number of rotatable bonds is 6. The summed E-state index contributed by atoms with van der Waals surface area (Å²) in [6, 6.07) is 0.543. The average Bonchev–Trinajstić information content (AvgIpc) is 3.09. The maximum atomic E-state index is 6.09. The van der Waals surface area contributed by atoms with E-state index in [9.17, 15) is 0 Å². The molecule has 1 aliphatic heterocycles. The number of hydrogen-bond acceptors (Lipinski definition) is 3. The van der Waals surface area contributed by atoms with Gasteiger partial charge < -0.3 is 19.7 Å². The Morgan fingerprint density at radius 3 is 2.72 bits per heavy atom. The zero-order valence-corrected chi connectivity index (χ0v) is 18.0. The molecule has 0 aromatic heterocycles. The molecule has 3 saturated carbocycles. The first-order valence-electron chi connectivity index (χ1n) is 9.88. The lowest BCUT2D eigenvalue weighted by Crippen LogP contribution is -2.69. The molecule has 1 heterocycles. The van der Waals surface area contributed by atoms with Crippen molar-refractivity contribution in [3.05, 3.63) is 0 Å². The molecule has 0 aromatic rings. The normalized spacial score (nSPS) is 32.9. The van der Waals surface area contributed by atoms with Crippen LogP contribution in [-0.4, -0.2) is 63.5 Å². The Hall–Kier alpha value is -0.0800. The molecule has 1 spiro atoms. The van der Waals surface area contributed by atoms with Gasteiger partial charge in [0.2, 0.25) is 0 Å². The van der Waals surface area contributed by atoms with Gasteiger partial charge in [-0.2, -0.15) is 0 Å². The minimum atomic E-state index is 0. The standard InChI is InChI=1S/C19H33N3O2.HI/c1-20-18(22(2)10-12-23-13-14-5-6-14)21-16-15-7-11-24-17(15)19(16)8-3-4-9-19;/h14-17H,3-13H2,1-2H3,(H,20,21);1H. The number of aliphatic imine (C=N–C) groups is 1. The molecule has 4 aliphatic rings. The zero-order valence-electron chi connectivity index (χ0n) is 15.7. The predicted octanol–water partition coefficient (Wildman–Crippen LogP) is 2.89. The van der Waals surface area contributed by atoms with Crippen LogP contribution in [0.25, 0.3) is 0 Å². The van der Waals surface area contributed by atoms with Gasteiger partial charge in [-0.15, -0.1) is 24.0 Å². The monoisotopic (exact) mass is 463 g/mol. The molecule has 3 atom stereocenters. The van der Waals surface area contributed by atoms with Gasteiger partial charge in [0.05, 0.1) is 12.7 Å². The van der Waals surface area contributed by atoms with E-state index in [0.717, 1.165) is 38.2 Å². The topological polar surface area (TPSA) is 46.1 Å². The van der Waals surface area contributed by atoms with Gasteiger partial charge in [0.1, 0.15) is 0 Å². The maximum absolute atomic E-state index is 6.09. The van der Waals surface area contributed by atoms with E-state index in [0.29, 0.717) is 23.5 Å². The summed E-state index contributed by atoms with van der Waals surface area (Å²) in [5.41, 5.74) is 0.375. The van der Waals surface area contributed by atoms with Gasteiger partial charge in [-0.05, 0) is 38.0 Å².